The van der Waals surface area contributed by atoms with Crippen molar-refractivity contribution >= 4 is 34.9 Å². The normalized spacial score (nSPS) is 10.7. The molecule has 118 valence electrons. The SMILES string of the molecule is O=[N+]([O-])c1ccc(O)c(C=NNc2ccc(Cl)c([N+](=O)[O-])c2)c1. The Kier molecular flexibility index (Phi) is 4.72. The van der Waals surface area contributed by atoms with E-state index in [-0.39, 0.29) is 27.7 Å². The molecule has 10 heteroatoms. The van der Waals surface area contributed by atoms with E-state index in [1.807, 2.05) is 0 Å². The van der Waals surface area contributed by atoms with E-state index in [0.29, 0.717) is 5.69 Å². The second-order valence-corrected chi connectivity index (χ2v) is 4.70. The molecule has 0 saturated heterocycles. The van der Waals surface area contributed by atoms with E-state index < -0.39 is 9.85 Å². The molecule has 0 aliphatic heterocycles. The van der Waals surface area contributed by atoms with Gasteiger partial charge < -0.3 is 5.11 Å². The maximum Gasteiger partial charge on any atom is 0.290 e. The summed E-state index contributed by atoms with van der Waals surface area (Å²) in [6.45, 7) is 0. The molecule has 2 aromatic rings. The minimum atomic E-state index is -0.635. The molecule has 9 nitrogen and oxygen atoms in total. The maximum absolute atomic E-state index is 10.8. The summed E-state index contributed by atoms with van der Waals surface area (Å²) >= 11 is 5.68. The summed E-state index contributed by atoms with van der Waals surface area (Å²) in [5.41, 5.74) is 2.44. The quantitative estimate of drug-likeness (QED) is 0.489. The van der Waals surface area contributed by atoms with Crippen molar-refractivity contribution in [2.24, 2.45) is 5.10 Å². The summed E-state index contributed by atoms with van der Waals surface area (Å²) in [7, 11) is 0. The molecule has 0 amide bonds. The zero-order valence-corrected chi connectivity index (χ0v) is 12.1. The Morgan fingerprint density at radius 2 is 1.87 bits per heavy atom. The van der Waals surface area contributed by atoms with Crippen molar-refractivity contribution in [3.05, 3.63) is 67.2 Å². The van der Waals surface area contributed by atoms with Gasteiger partial charge >= 0.3 is 0 Å². The van der Waals surface area contributed by atoms with Gasteiger partial charge in [-0.25, -0.2) is 0 Å². The van der Waals surface area contributed by atoms with Crippen molar-refractivity contribution in [2.75, 3.05) is 5.43 Å². The number of phenols is 1. The monoisotopic (exact) mass is 336 g/mol. The van der Waals surface area contributed by atoms with Gasteiger partial charge in [-0.05, 0) is 18.2 Å². The fraction of sp³-hybridized carbons (Fsp3) is 0. The topological polar surface area (TPSA) is 131 Å². The second-order valence-electron chi connectivity index (χ2n) is 4.29. The molecule has 0 radical (unpaired) electrons. The average Bonchev–Trinajstić information content (AvgIpc) is 2.50. The molecule has 2 rings (SSSR count). The molecular formula is C13H9ClN4O5. The minimum absolute atomic E-state index is 0.0131. The van der Waals surface area contributed by atoms with E-state index in [4.69, 9.17) is 11.6 Å². The Hall–Kier alpha value is -3.20. The van der Waals surface area contributed by atoms with Crippen molar-refractivity contribution in [1.29, 1.82) is 0 Å². The third-order valence-electron chi connectivity index (χ3n) is 2.76. The molecule has 0 heterocycles. The fourth-order valence-electron chi connectivity index (χ4n) is 1.66. The first-order chi connectivity index (χ1) is 10.9. The van der Waals surface area contributed by atoms with Gasteiger partial charge in [0.25, 0.3) is 11.4 Å². The van der Waals surface area contributed by atoms with Crippen LogP contribution in [0.5, 0.6) is 5.75 Å². The van der Waals surface area contributed by atoms with E-state index in [2.05, 4.69) is 10.5 Å². The highest BCUT2D eigenvalue weighted by atomic mass is 35.5. The summed E-state index contributed by atoms with van der Waals surface area (Å²) in [6, 6.07) is 7.47. The van der Waals surface area contributed by atoms with Crippen LogP contribution in [0.25, 0.3) is 0 Å². The highest BCUT2D eigenvalue weighted by Gasteiger charge is 2.12. The summed E-state index contributed by atoms with van der Waals surface area (Å²) in [4.78, 5) is 20.2. The fourth-order valence-corrected chi connectivity index (χ4v) is 1.84. The number of benzene rings is 2. The van der Waals surface area contributed by atoms with E-state index in [1.165, 1.54) is 24.3 Å². The second kappa shape index (κ2) is 6.71. The largest absolute Gasteiger partial charge is 0.507 e. The lowest BCUT2D eigenvalue weighted by atomic mass is 10.2. The van der Waals surface area contributed by atoms with Gasteiger partial charge in [-0.2, -0.15) is 5.10 Å². The van der Waals surface area contributed by atoms with Crippen molar-refractivity contribution in [2.45, 2.75) is 0 Å². The van der Waals surface area contributed by atoms with Crippen LogP contribution < -0.4 is 5.43 Å². The first-order valence-electron chi connectivity index (χ1n) is 6.09. The molecule has 0 unspecified atom stereocenters. The number of nitro benzene ring substituents is 2. The number of nitrogens with one attached hydrogen (secondary N) is 1. The van der Waals surface area contributed by atoms with E-state index in [9.17, 15) is 25.3 Å². The van der Waals surface area contributed by atoms with Crippen LogP contribution in [-0.4, -0.2) is 21.2 Å². The molecule has 0 bridgehead atoms. The van der Waals surface area contributed by atoms with Crippen LogP contribution in [0.4, 0.5) is 17.1 Å². The lowest BCUT2D eigenvalue weighted by Crippen LogP contribution is -1.95. The number of rotatable bonds is 5. The van der Waals surface area contributed by atoms with Gasteiger partial charge in [0, 0.05) is 23.8 Å². The Labute approximate surface area is 134 Å². The molecule has 0 fully saturated rings. The molecule has 2 aromatic carbocycles. The summed E-state index contributed by atoms with van der Waals surface area (Å²) in [5, 5.41) is 34.8. The van der Waals surface area contributed by atoms with Crippen molar-refractivity contribution in [3.8, 4) is 5.75 Å². The van der Waals surface area contributed by atoms with Crippen LogP contribution in [0.3, 0.4) is 0 Å². The summed E-state index contributed by atoms with van der Waals surface area (Å²) in [5.74, 6) is -0.191. The van der Waals surface area contributed by atoms with Crippen LogP contribution in [0.15, 0.2) is 41.5 Å². The molecule has 0 aliphatic carbocycles. The third-order valence-corrected chi connectivity index (χ3v) is 3.08. The number of phenolic OH excluding ortho intramolecular Hbond substituents is 1. The average molecular weight is 337 g/mol. The standard InChI is InChI=1S/C13H9ClN4O5/c14-11-3-1-9(6-12(11)18(22)23)16-15-7-8-5-10(17(20)21)2-4-13(8)19/h1-7,16,19H. The van der Waals surface area contributed by atoms with Crippen LogP contribution >= 0.6 is 11.6 Å². The Bertz CT molecular complexity index is 809. The number of halogens is 1. The molecule has 2 N–H and O–H groups in total. The summed E-state index contributed by atoms with van der Waals surface area (Å²) < 4.78 is 0. The number of aromatic hydroxyl groups is 1. The number of hydrogen-bond donors (Lipinski definition) is 2. The summed E-state index contributed by atoms with van der Waals surface area (Å²) in [6.07, 6.45) is 1.16. The van der Waals surface area contributed by atoms with Gasteiger partial charge in [0.15, 0.2) is 0 Å². The zero-order chi connectivity index (χ0) is 17.0. The molecule has 23 heavy (non-hydrogen) atoms. The first kappa shape index (κ1) is 16.2. The smallest absolute Gasteiger partial charge is 0.290 e. The van der Waals surface area contributed by atoms with Crippen LogP contribution in [0.2, 0.25) is 5.02 Å². The number of hydrogen-bond acceptors (Lipinski definition) is 7. The molecule has 0 aliphatic rings. The van der Waals surface area contributed by atoms with Crippen LogP contribution in [0, 0.1) is 20.2 Å². The third kappa shape index (κ3) is 3.92. The van der Waals surface area contributed by atoms with Gasteiger partial charge in [0.05, 0.1) is 21.7 Å². The highest BCUT2D eigenvalue weighted by Crippen LogP contribution is 2.27. The number of nitrogens with zero attached hydrogens (tertiary/aromatic N) is 3. The van der Waals surface area contributed by atoms with Gasteiger partial charge in [0.2, 0.25) is 0 Å². The molecule has 0 spiro atoms. The van der Waals surface area contributed by atoms with E-state index in [0.717, 1.165) is 18.3 Å². The minimum Gasteiger partial charge on any atom is -0.507 e. The van der Waals surface area contributed by atoms with E-state index >= 15 is 0 Å². The number of hydrazone groups is 1. The zero-order valence-electron chi connectivity index (χ0n) is 11.3. The van der Waals surface area contributed by atoms with Crippen LogP contribution in [-0.2, 0) is 0 Å². The van der Waals surface area contributed by atoms with Gasteiger partial charge in [0.1, 0.15) is 10.8 Å². The maximum atomic E-state index is 10.8. The highest BCUT2D eigenvalue weighted by molar-refractivity contribution is 6.32. The molecule has 0 saturated carbocycles. The molecule has 0 aromatic heterocycles. The van der Waals surface area contributed by atoms with Crippen molar-refractivity contribution < 1.29 is 15.0 Å². The molecule has 0 atom stereocenters. The first-order valence-corrected chi connectivity index (χ1v) is 6.46. The van der Waals surface area contributed by atoms with E-state index in [1.54, 1.807) is 0 Å². The molecular weight excluding hydrogens is 328 g/mol. The number of nitro groups is 2. The van der Waals surface area contributed by atoms with Crippen molar-refractivity contribution in [1.82, 2.24) is 0 Å². The van der Waals surface area contributed by atoms with Crippen molar-refractivity contribution in [3.63, 3.8) is 0 Å². The lowest BCUT2D eigenvalue weighted by Gasteiger charge is -2.02. The Balaban J connectivity index is 2.19. The van der Waals surface area contributed by atoms with Gasteiger partial charge in [-0.1, -0.05) is 11.6 Å². The predicted molar refractivity (Wildman–Crippen MR) is 84.1 cm³/mol. The number of anilines is 1. The Morgan fingerprint density at radius 3 is 2.52 bits per heavy atom. The van der Waals surface area contributed by atoms with Crippen LogP contribution in [0.1, 0.15) is 5.56 Å². The number of non-ortho nitro benzene ring substituents is 1. The van der Waals surface area contributed by atoms with Gasteiger partial charge in [-0.3, -0.25) is 25.7 Å². The predicted octanol–water partition coefficient (Wildman–Crippen LogP) is 3.31. The van der Waals surface area contributed by atoms with Gasteiger partial charge in [-0.15, -0.1) is 0 Å². The lowest BCUT2D eigenvalue weighted by molar-refractivity contribution is -0.385. The Morgan fingerprint density at radius 1 is 1.13 bits per heavy atom.